The molecule has 3 rings (SSSR count). The fourth-order valence-corrected chi connectivity index (χ4v) is 2.44. The fraction of sp³-hybridized carbons (Fsp3) is 0.238. The van der Waals surface area contributed by atoms with Crippen LogP contribution in [0.5, 0.6) is 11.5 Å². The Bertz CT molecular complexity index is 850. The van der Waals surface area contributed by atoms with Crippen LogP contribution in [-0.4, -0.2) is 55.5 Å². The lowest BCUT2D eigenvalue weighted by molar-refractivity contribution is -0.111. The molecule has 29 heavy (non-hydrogen) atoms. The summed E-state index contributed by atoms with van der Waals surface area (Å²) >= 11 is 0. The first-order valence-corrected chi connectivity index (χ1v) is 8.98. The van der Waals surface area contributed by atoms with Gasteiger partial charge in [0.15, 0.2) is 11.5 Å². The normalized spacial score (nSPS) is 13.3. The minimum absolute atomic E-state index is 0.00415. The third kappa shape index (κ3) is 7.28. The molecule has 0 atom stereocenters. The number of para-hydroxylation sites is 1. The van der Waals surface area contributed by atoms with Crippen molar-refractivity contribution in [2.75, 3.05) is 38.7 Å². The maximum atomic E-state index is 11.9. The third-order valence-electron chi connectivity index (χ3n) is 3.89. The molecule has 0 radical (unpaired) electrons. The van der Waals surface area contributed by atoms with Crippen LogP contribution in [0.15, 0.2) is 48.5 Å². The maximum Gasteiger partial charge on any atom is 0.337 e. The summed E-state index contributed by atoms with van der Waals surface area (Å²) in [4.78, 5) is 23.0. The van der Waals surface area contributed by atoms with Crippen LogP contribution in [0.3, 0.4) is 0 Å². The molecular weight excluding hydrogens is 376 g/mol. The fourth-order valence-electron chi connectivity index (χ4n) is 2.44. The Morgan fingerprint density at radius 1 is 1.17 bits per heavy atom. The molecule has 2 aromatic rings. The van der Waals surface area contributed by atoms with E-state index in [0.717, 1.165) is 26.3 Å². The largest absolute Gasteiger partial charge is 0.504 e. The van der Waals surface area contributed by atoms with Gasteiger partial charge in [-0.25, -0.2) is 4.79 Å². The summed E-state index contributed by atoms with van der Waals surface area (Å²) in [6.45, 7) is 3.83. The van der Waals surface area contributed by atoms with Crippen molar-refractivity contribution in [3.05, 3.63) is 59.7 Å². The highest BCUT2D eigenvalue weighted by Crippen LogP contribution is 2.26. The van der Waals surface area contributed by atoms with Crippen LogP contribution in [-0.2, 0) is 9.53 Å². The van der Waals surface area contributed by atoms with E-state index in [1.807, 2.05) is 0 Å². The highest BCUT2D eigenvalue weighted by molar-refractivity contribution is 6.06. The lowest BCUT2D eigenvalue weighted by atomic mass is 10.1. The van der Waals surface area contributed by atoms with Gasteiger partial charge in [0.1, 0.15) is 0 Å². The zero-order chi connectivity index (χ0) is 21.1. The monoisotopic (exact) mass is 400 g/mol. The molecule has 1 fully saturated rings. The number of phenolic OH excluding ortho intramolecular Hbond substituents is 1. The van der Waals surface area contributed by atoms with Crippen LogP contribution in [0.25, 0.3) is 6.08 Å². The van der Waals surface area contributed by atoms with Crippen LogP contribution >= 0.6 is 0 Å². The number of methoxy groups -OCH3 is 1. The highest BCUT2D eigenvalue weighted by atomic mass is 16.5. The first kappa shape index (κ1) is 21.9. The van der Waals surface area contributed by atoms with E-state index >= 15 is 0 Å². The Morgan fingerprint density at radius 2 is 1.90 bits per heavy atom. The van der Waals surface area contributed by atoms with Crippen LogP contribution in [0.2, 0.25) is 0 Å². The van der Waals surface area contributed by atoms with E-state index < -0.39 is 11.9 Å². The average molecular weight is 400 g/mol. The number of morpholine rings is 1. The van der Waals surface area contributed by atoms with Gasteiger partial charge in [-0.2, -0.15) is 0 Å². The van der Waals surface area contributed by atoms with Gasteiger partial charge in [0.25, 0.3) is 0 Å². The summed E-state index contributed by atoms with van der Waals surface area (Å²) in [5.74, 6) is -1.29. The van der Waals surface area contributed by atoms with Gasteiger partial charge in [-0.15, -0.1) is 0 Å². The van der Waals surface area contributed by atoms with Crippen molar-refractivity contribution >= 4 is 23.6 Å². The second-order valence-corrected chi connectivity index (χ2v) is 5.97. The number of anilines is 1. The average Bonchev–Trinajstić information content (AvgIpc) is 2.75. The van der Waals surface area contributed by atoms with Crippen molar-refractivity contribution < 1.29 is 29.3 Å². The minimum atomic E-state index is -1.12. The molecule has 0 saturated carbocycles. The molecule has 1 heterocycles. The van der Waals surface area contributed by atoms with Crippen LogP contribution in [0, 0.1) is 0 Å². The zero-order valence-corrected chi connectivity index (χ0v) is 16.1. The van der Waals surface area contributed by atoms with Gasteiger partial charge < -0.3 is 30.3 Å². The van der Waals surface area contributed by atoms with E-state index in [4.69, 9.17) is 14.6 Å². The third-order valence-corrected chi connectivity index (χ3v) is 3.89. The van der Waals surface area contributed by atoms with Crippen molar-refractivity contribution in [1.82, 2.24) is 5.32 Å². The molecule has 0 aromatic heterocycles. The van der Waals surface area contributed by atoms with Gasteiger partial charge in [0, 0.05) is 19.2 Å². The molecule has 0 spiro atoms. The van der Waals surface area contributed by atoms with Crippen molar-refractivity contribution in [2.45, 2.75) is 0 Å². The summed E-state index contributed by atoms with van der Waals surface area (Å²) in [5, 5.41) is 24.2. The quantitative estimate of drug-likeness (QED) is 0.569. The smallest absolute Gasteiger partial charge is 0.337 e. The lowest BCUT2D eigenvalue weighted by Crippen LogP contribution is -2.30. The van der Waals surface area contributed by atoms with Crippen molar-refractivity contribution in [3.8, 4) is 11.5 Å². The standard InChI is InChI=1S/C17H15NO5.C4H9NO/c1-23-15-10-11(6-8-14(15)19)7-9-16(20)18-13-5-3-2-4-12(13)17(21)22;1-3-6-4-2-5-1/h2-10,19H,1H3,(H,18,20)(H,21,22);5H,1-4H2. The Kier molecular flexibility index (Phi) is 8.68. The van der Waals surface area contributed by atoms with Crippen LogP contribution in [0.4, 0.5) is 5.69 Å². The molecule has 0 bridgehead atoms. The second-order valence-electron chi connectivity index (χ2n) is 5.97. The summed E-state index contributed by atoms with van der Waals surface area (Å²) in [6, 6.07) is 10.8. The number of ether oxygens (including phenoxy) is 2. The Hall–Kier alpha value is -3.36. The zero-order valence-electron chi connectivity index (χ0n) is 16.1. The van der Waals surface area contributed by atoms with Crippen LogP contribution < -0.4 is 15.4 Å². The predicted molar refractivity (Wildman–Crippen MR) is 109 cm³/mol. The second kappa shape index (κ2) is 11.5. The summed E-state index contributed by atoms with van der Waals surface area (Å²) < 4.78 is 9.99. The molecule has 4 N–H and O–H groups in total. The minimum Gasteiger partial charge on any atom is -0.504 e. The molecule has 1 aliphatic rings. The van der Waals surface area contributed by atoms with Crippen molar-refractivity contribution in [3.63, 3.8) is 0 Å². The Balaban J connectivity index is 0.000000426. The predicted octanol–water partition coefficient (Wildman–Crippen LogP) is 2.36. The summed E-state index contributed by atoms with van der Waals surface area (Å²) in [5.41, 5.74) is 0.889. The van der Waals surface area contributed by atoms with Gasteiger partial charge in [-0.1, -0.05) is 18.2 Å². The molecular formula is C21H24N2O6. The van der Waals surface area contributed by atoms with E-state index in [9.17, 15) is 14.7 Å². The van der Waals surface area contributed by atoms with E-state index in [0.29, 0.717) is 11.3 Å². The van der Waals surface area contributed by atoms with Gasteiger partial charge in [0.05, 0.1) is 31.6 Å². The molecule has 1 amide bonds. The number of carboxylic acid groups (broad SMARTS) is 1. The van der Waals surface area contributed by atoms with Gasteiger partial charge >= 0.3 is 5.97 Å². The van der Waals surface area contributed by atoms with E-state index in [-0.39, 0.29) is 17.0 Å². The molecule has 154 valence electrons. The maximum absolute atomic E-state index is 11.9. The molecule has 8 heteroatoms. The number of amides is 1. The number of aromatic hydroxyl groups is 1. The number of carboxylic acids is 1. The van der Waals surface area contributed by atoms with Gasteiger partial charge in [-0.05, 0) is 35.9 Å². The molecule has 8 nitrogen and oxygen atoms in total. The first-order valence-electron chi connectivity index (χ1n) is 8.98. The topological polar surface area (TPSA) is 117 Å². The number of nitrogens with one attached hydrogen (secondary N) is 2. The molecule has 0 aliphatic carbocycles. The molecule has 1 saturated heterocycles. The molecule has 0 unspecified atom stereocenters. The molecule has 1 aliphatic heterocycles. The van der Waals surface area contributed by atoms with E-state index in [1.165, 1.54) is 37.5 Å². The number of phenols is 1. The lowest BCUT2D eigenvalue weighted by Gasteiger charge is -2.10. The highest BCUT2D eigenvalue weighted by Gasteiger charge is 2.10. The number of rotatable bonds is 5. The van der Waals surface area contributed by atoms with Crippen LogP contribution in [0.1, 0.15) is 15.9 Å². The Labute approximate surface area is 168 Å². The van der Waals surface area contributed by atoms with Crippen molar-refractivity contribution in [2.24, 2.45) is 0 Å². The number of aromatic carboxylic acids is 1. The number of benzene rings is 2. The SMILES string of the molecule is C1COCCN1.COc1cc(C=CC(=O)Nc2ccccc2C(=O)O)ccc1O. The number of hydrogen-bond acceptors (Lipinski definition) is 6. The van der Waals surface area contributed by atoms with Crippen molar-refractivity contribution in [1.29, 1.82) is 0 Å². The summed E-state index contributed by atoms with van der Waals surface area (Å²) in [6.07, 6.45) is 2.80. The van der Waals surface area contributed by atoms with Gasteiger partial charge in [-0.3, -0.25) is 4.79 Å². The summed E-state index contributed by atoms with van der Waals surface area (Å²) in [7, 11) is 1.43. The Morgan fingerprint density at radius 3 is 2.48 bits per heavy atom. The number of carbonyl (C=O) groups is 2. The molecule has 2 aromatic carbocycles. The van der Waals surface area contributed by atoms with E-state index in [2.05, 4.69) is 10.6 Å². The van der Waals surface area contributed by atoms with E-state index in [1.54, 1.807) is 24.3 Å². The van der Waals surface area contributed by atoms with Gasteiger partial charge in [0.2, 0.25) is 5.91 Å². The number of hydrogen-bond donors (Lipinski definition) is 4. The number of carbonyl (C=O) groups excluding carboxylic acids is 1. The first-order chi connectivity index (χ1) is 14.0.